The van der Waals surface area contributed by atoms with E-state index in [9.17, 15) is 8.42 Å². The molecular formula is C20H24ClN3O2S. The Labute approximate surface area is 165 Å². The molecule has 7 heteroatoms. The molecule has 0 saturated heterocycles. The van der Waals surface area contributed by atoms with Crippen LogP contribution in [0.25, 0.3) is 22.2 Å². The minimum atomic E-state index is -3.31. The van der Waals surface area contributed by atoms with Crippen LogP contribution in [-0.2, 0) is 16.6 Å². The lowest BCUT2D eigenvalue weighted by Gasteiger charge is -2.14. The molecule has 2 aromatic carbocycles. The van der Waals surface area contributed by atoms with Gasteiger partial charge in [0.2, 0.25) is 10.0 Å². The summed E-state index contributed by atoms with van der Waals surface area (Å²) in [5, 5.41) is 1.58. The van der Waals surface area contributed by atoms with Gasteiger partial charge < -0.3 is 10.3 Å². The van der Waals surface area contributed by atoms with Crippen molar-refractivity contribution in [2.24, 2.45) is 5.92 Å². The van der Waals surface area contributed by atoms with Crippen molar-refractivity contribution in [1.29, 1.82) is 0 Å². The first-order valence-corrected chi connectivity index (χ1v) is 11.1. The van der Waals surface area contributed by atoms with E-state index in [1.165, 1.54) is 0 Å². The van der Waals surface area contributed by atoms with Crippen molar-refractivity contribution in [3.63, 3.8) is 0 Å². The molecule has 3 rings (SSSR count). The number of nitrogens with one attached hydrogen (secondary N) is 1. The highest BCUT2D eigenvalue weighted by Crippen LogP contribution is 2.38. The standard InChI is InChI=1S/C20H24ClN3O2S/c1-13(2)10-11-24-18-9-6-15(21)12-17(18)19(22)20(24)14-4-7-16(8-5-14)23-27(3,25)26/h4-9,12-13,23H,10-11,22H2,1-3H3. The Morgan fingerprint density at radius 3 is 2.41 bits per heavy atom. The molecule has 1 heterocycles. The number of nitrogens with zero attached hydrogens (tertiary/aromatic N) is 1. The van der Waals surface area contributed by atoms with Gasteiger partial charge in [-0.05, 0) is 42.7 Å². The molecule has 3 N–H and O–H groups in total. The molecule has 0 fully saturated rings. The zero-order chi connectivity index (χ0) is 19.8. The Morgan fingerprint density at radius 2 is 1.81 bits per heavy atom. The van der Waals surface area contributed by atoms with Gasteiger partial charge in [-0.2, -0.15) is 0 Å². The maximum absolute atomic E-state index is 11.4. The molecule has 0 aliphatic rings. The lowest BCUT2D eigenvalue weighted by atomic mass is 10.1. The number of halogens is 1. The molecule has 5 nitrogen and oxygen atoms in total. The van der Waals surface area contributed by atoms with Crippen LogP contribution in [0.15, 0.2) is 42.5 Å². The van der Waals surface area contributed by atoms with Gasteiger partial charge in [-0.25, -0.2) is 8.42 Å². The maximum Gasteiger partial charge on any atom is 0.229 e. The Morgan fingerprint density at radius 1 is 1.15 bits per heavy atom. The first-order valence-electron chi connectivity index (χ1n) is 8.81. The summed E-state index contributed by atoms with van der Waals surface area (Å²) in [6, 6.07) is 13.0. The van der Waals surface area contributed by atoms with Crippen LogP contribution in [0, 0.1) is 5.92 Å². The Hall–Kier alpha value is -2.18. The second-order valence-corrected chi connectivity index (χ2v) is 9.39. The molecule has 0 aliphatic carbocycles. The monoisotopic (exact) mass is 405 g/mol. The molecule has 27 heavy (non-hydrogen) atoms. The van der Waals surface area contributed by atoms with Crippen molar-refractivity contribution < 1.29 is 8.42 Å². The molecule has 3 aromatic rings. The lowest BCUT2D eigenvalue weighted by Crippen LogP contribution is -2.09. The van der Waals surface area contributed by atoms with Crippen LogP contribution in [0.1, 0.15) is 20.3 Å². The number of hydrogen-bond donors (Lipinski definition) is 2. The molecule has 0 amide bonds. The van der Waals surface area contributed by atoms with E-state index in [1.54, 1.807) is 12.1 Å². The van der Waals surface area contributed by atoms with E-state index in [0.717, 1.165) is 41.4 Å². The van der Waals surface area contributed by atoms with Gasteiger partial charge in [0, 0.05) is 28.2 Å². The van der Waals surface area contributed by atoms with Crippen LogP contribution in [0.3, 0.4) is 0 Å². The summed E-state index contributed by atoms with van der Waals surface area (Å²) in [5.41, 5.74) is 10.6. The topological polar surface area (TPSA) is 77.1 Å². The number of nitrogens with two attached hydrogens (primary N) is 1. The molecule has 0 saturated carbocycles. The maximum atomic E-state index is 11.4. The van der Waals surface area contributed by atoms with E-state index in [0.29, 0.717) is 22.3 Å². The minimum Gasteiger partial charge on any atom is -0.396 e. The van der Waals surface area contributed by atoms with Gasteiger partial charge >= 0.3 is 0 Å². The molecule has 0 spiro atoms. The number of nitrogen functional groups attached to an aromatic ring is 1. The summed E-state index contributed by atoms with van der Waals surface area (Å²) in [4.78, 5) is 0. The summed E-state index contributed by atoms with van der Waals surface area (Å²) in [5.74, 6) is 0.560. The fourth-order valence-electron chi connectivity index (χ4n) is 3.19. The number of aryl methyl sites for hydroxylation is 1. The van der Waals surface area contributed by atoms with Gasteiger partial charge in [-0.15, -0.1) is 0 Å². The SMILES string of the molecule is CC(C)CCn1c(-c2ccc(NS(C)(=O)=O)cc2)c(N)c2cc(Cl)ccc21. The van der Waals surface area contributed by atoms with Gasteiger partial charge in [0.1, 0.15) is 0 Å². The van der Waals surface area contributed by atoms with Crippen LogP contribution < -0.4 is 10.5 Å². The summed E-state index contributed by atoms with van der Waals surface area (Å²) >= 11 is 6.18. The normalized spacial score (nSPS) is 12.0. The van der Waals surface area contributed by atoms with Crippen LogP contribution in [0.5, 0.6) is 0 Å². The number of anilines is 2. The summed E-state index contributed by atoms with van der Waals surface area (Å²) < 4.78 is 27.5. The number of benzene rings is 2. The van der Waals surface area contributed by atoms with Crippen molar-refractivity contribution >= 4 is 43.9 Å². The third-order valence-electron chi connectivity index (χ3n) is 4.46. The minimum absolute atomic E-state index is 0.521. The van der Waals surface area contributed by atoms with Crippen molar-refractivity contribution in [2.75, 3.05) is 16.7 Å². The molecular weight excluding hydrogens is 382 g/mol. The first-order chi connectivity index (χ1) is 12.7. The molecule has 1 aromatic heterocycles. The molecule has 0 unspecified atom stereocenters. The van der Waals surface area contributed by atoms with Gasteiger partial charge in [-0.1, -0.05) is 37.6 Å². The zero-order valence-electron chi connectivity index (χ0n) is 15.7. The highest BCUT2D eigenvalue weighted by molar-refractivity contribution is 7.92. The van der Waals surface area contributed by atoms with Crippen molar-refractivity contribution in [2.45, 2.75) is 26.8 Å². The van der Waals surface area contributed by atoms with Gasteiger partial charge in [-0.3, -0.25) is 4.72 Å². The number of aromatic nitrogens is 1. The molecule has 0 radical (unpaired) electrons. The smallest absolute Gasteiger partial charge is 0.229 e. The fraction of sp³-hybridized carbons (Fsp3) is 0.300. The van der Waals surface area contributed by atoms with E-state index < -0.39 is 10.0 Å². The average Bonchev–Trinajstić information content (AvgIpc) is 2.84. The molecule has 144 valence electrons. The third kappa shape index (κ3) is 4.39. The Balaban J connectivity index is 2.11. The predicted octanol–water partition coefficient (Wildman–Crippen LogP) is 4.96. The van der Waals surface area contributed by atoms with Crippen LogP contribution in [0.2, 0.25) is 5.02 Å². The largest absolute Gasteiger partial charge is 0.396 e. The van der Waals surface area contributed by atoms with Crippen molar-refractivity contribution in [3.05, 3.63) is 47.5 Å². The van der Waals surface area contributed by atoms with E-state index in [1.807, 2.05) is 30.3 Å². The summed E-state index contributed by atoms with van der Waals surface area (Å²) in [6.45, 7) is 5.22. The lowest BCUT2D eigenvalue weighted by molar-refractivity contribution is 0.527. The average molecular weight is 406 g/mol. The van der Waals surface area contributed by atoms with Crippen LogP contribution in [0.4, 0.5) is 11.4 Å². The van der Waals surface area contributed by atoms with E-state index in [2.05, 4.69) is 23.1 Å². The molecule has 0 atom stereocenters. The van der Waals surface area contributed by atoms with Crippen molar-refractivity contribution in [3.8, 4) is 11.3 Å². The Kier molecular flexibility index (Phi) is 5.40. The first kappa shape index (κ1) is 19.6. The van der Waals surface area contributed by atoms with Crippen LogP contribution >= 0.6 is 11.6 Å². The zero-order valence-corrected chi connectivity index (χ0v) is 17.2. The third-order valence-corrected chi connectivity index (χ3v) is 5.30. The van der Waals surface area contributed by atoms with Gasteiger partial charge in [0.05, 0.1) is 23.2 Å². The second-order valence-electron chi connectivity index (χ2n) is 7.21. The molecule has 0 aliphatic heterocycles. The van der Waals surface area contributed by atoms with Crippen LogP contribution in [-0.4, -0.2) is 19.2 Å². The number of sulfonamides is 1. The summed E-state index contributed by atoms with van der Waals surface area (Å²) in [7, 11) is -3.31. The molecule has 0 bridgehead atoms. The number of hydrogen-bond acceptors (Lipinski definition) is 3. The van der Waals surface area contributed by atoms with E-state index in [4.69, 9.17) is 17.3 Å². The highest BCUT2D eigenvalue weighted by atomic mass is 35.5. The predicted molar refractivity (Wildman–Crippen MR) is 115 cm³/mol. The number of fused-ring (bicyclic) bond motifs is 1. The summed E-state index contributed by atoms with van der Waals surface area (Å²) in [6.07, 6.45) is 2.15. The van der Waals surface area contributed by atoms with E-state index in [-0.39, 0.29) is 0 Å². The fourth-order valence-corrected chi connectivity index (χ4v) is 3.93. The van der Waals surface area contributed by atoms with Crippen molar-refractivity contribution in [1.82, 2.24) is 4.57 Å². The quantitative estimate of drug-likeness (QED) is 0.608. The second kappa shape index (κ2) is 7.44. The number of rotatable bonds is 6. The Bertz CT molecular complexity index is 1070. The highest BCUT2D eigenvalue weighted by Gasteiger charge is 2.17. The van der Waals surface area contributed by atoms with E-state index >= 15 is 0 Å². The van der Waals surface area contributed by atoms with Gasteiger partial charge in [0.15, 0.2) is 0 Å². The van der Waals surface area contributed by atoms with Gasteiger partial charge in [0.25, 0.3) is 0 Å².